The normalized spacial score (nSPS) is 15.7. The van der Waals surface area contributed by atoms with Gasteiger partial charge in [0.05, 0.1) is 11.5 Å². The Morgan fingerprint density at radius 2 is 2.00 bits per heavy atom. The number of aliphatic carboxylic acids is 1. The molecule has 20 heavy (non-hydrogen) atoms. The van der Waals surface area contributed by atoms with Crippen LogP contribution in [-0.2, 0) is 11.3 Å². The zero-order chi connectivity index (χ0) is 14.5. The van der Waals surface area contributed by atoms with Crippen LogP contribution < -0.4 is 0 Å². The Kier molecular flexibility index (Phi) is 4.68. The van der Waals surface area contributed by atoms with Gasteiger partial charge in [0.2, 0.25) is 0 Å². The Bertz CT molecular complexity index is 498. The van der Waals surface area contributed by atoms with Crippen molar-refractivity contribution in [2.24, 2.45) is 0 Å². The van der Waals surface area contributed by atoms with Gasteiger partial charge >= 0.3 is 5.97 Å². The van der Waals surface area contributed by atoms with Crippen molar-refractivity contribution in [1.29, 1.82) is 0 Å². The molecule has 0 heterocycles. The van der Waals surface area contributed by atoms with Gasteiger partial charge in [-0.15, -0.1) is 0 Å². The molecule has 0 radical (unpaired) electrons. The van der Waals surface area contributed by atoms with E-state index in [9.17, 15) is 14.9 Å². The maximum Gasteiger partial charge on any atom is 0.317 e. The van der Waals surface area contributed by atoms with E-state index in [2.05, 4.69) is 0 Å². The number of nitrogens with zero attached hydrogens (tertiary/aromatic N) is 2. The number of para-hydroxylation sites is 1. The van der Waals surface area contributed by atoms with E-state index in [0.717, 1.165) is 25.7 Å². The van der Waals surface area contributed by atoms with Crippen molar-refractivity contribution >= 4 is 11.7 Å². The summed E-state index contributed by atoms with van der Waals surface area (Å²) in [6, 6.07) is 6.74. The third-order valence-corrected chi connectivity index (χ3v) is 3.74. The van der Waals surface area contributed by atoms with Gasteiger partial charge in [-0.05, 0) is 12.8 Å². The van der Waals surface area contributed by atoms with Gasteiger partial charge in [-0.3, -0.25) is 19.8 Å². The summed E-state index contributed by atoms with van der Waals surface area (Å²) >= 11 is 0. The van der Waals surface area contributed by atoms with E-state index < -0.39 is 10.9 Å². The summed E-state index contributed by atoms with van der Waals surface area (Å²) in [5.41, 5.74) is 0.631. The van der Waals surface area contributed by atoms with Gasteiger partial charge in [0.15, 0.2) is 0 Å². The van der Waals surface area contributed by atoms with E-state index in [1.165, 1.54) is 6.07 Å². The van der Waals surface area contributed by atoms with Gasteiger partial charge in [0.1, 0.15) is 0 Å². The van der Waals surface area contributed by atoms with E-state index in [-0.39, 0.29) is 18.3 Å². The lowest BCUT2D eigenvalue weighted by Crippen LogP contribution is -2.37. The van der Waals surface area contributed by atoms with Crippen LogP contribution in [0.5, 0.6) is 0 Å². The first kappa shape index (κ1) is 14.5. The predicted molar refractivity (Wildman–Crippen MR) is 73.4 cm³/mol. The Morgan fingerprint density at radius 3 is 2.60 bits per heavy atom. The topological polar surface area (TPSA) is 83.7 Å². The number of carbonyl (C=O) groups is 1. The summed E-state index contributed by atoms with van der Waals surface area (Å²) in [5.74, 6) is -0.893. The van der Waals surface area contributed by atoms with Crippen LogP contribution >= 0.6 is 0 Å². The average Bonchev–Trinajstić information content (AvgIpc) is 2.91. The summed E-state index contributed by atoms with van der Waals surface area (Å²) in [7, 11) is 0. The van der Waals surface area contributed by atoms with Gasteiger partial charge in [-0.25, -0.2) is 0 Å². The summed E-state index contributed by atoms with van der Waals surface area (Å²) in [6.45, 7) is 0.241. The molecule has 0 amide bonds. The Balaban J connectivity index is 2.18. The van der Waals surface area contributed by atoms with Gasteiger partial charge in [0.25, 0.3) is 5.69 Å². The zero-order valence-electron chi connectivity index (χ0n) is 11.2. The maximum absolute atomic E-state index is 11.0. The van der Waals surface area contributed by atoms with Gasteiger partial charge in [0, 0.05) is 24.2 Å². The SMILES string of the molecule is O=C(O)CN(Cc1ccccc1[N+](=O)[O-])C1CCCC1. The smallest absolute Gasteiger partial charge is 0.317 e. The monoisotopic (exact) mass is 278 g/mol. The molecule has 108 valence electrons. The fraction of sp³-hybridized carbons (Fsp3) is 0.500. The number of hydrogen-bond donors (Lipinski definition) is 1. The minimum atomic E-state index is -0.893. The minimum absolute atomic E-state index is 0.0564. The Labute approximate surface area is 117 Å². The van der Waals surface area contributed by atoms with Crippen LogP contribution in [0.15, 0.2) is 24.3 Å². The highest BCUT2D eigenvalue weighted by atomic mass is 16.6. The molecule has 1 aromatic carbocycles. The van der Waals surface area contributed by atoms with E-state index in [1.807, 2.05) is 4.90 Å². The zero-order valence-corrected chi connectivity index (χ0v) is 11.2. The van der Waals surface area contributed by atoms with E-state index >= 15 is 0 Å². The summed E-state index contributed by atoms with van der Waals surface area (Å²) in [6.07, 6.45) is 4.12. The molecule has 0 spiro atoms. The Hall–Kier alpha value is -1.95. The lowest BCUT2D eigenvalue weighted by atomic mass is 10.1. The van der Waals surface area contributed by atoms with Crippen molar-refractivity contribution in [2.75, 3.05) is 6.54 Å². The average molecular weight is 278 g/mol. The lowest BCUT2D eigenvalue weighted by Gasteiger charge is -2.26. The summed E-state index contributed by atoms with van der Waals surface area (Å²) in [5, 5.41) is 20.0. The first-order chi connectivity index (χ1) is 9.58. The number of rotatable bonds is 6. The van der Waals surface area contributed by atoms with Crippen LogP contribution in [0.1, 0.15) is 31.2 Å². The number of hydrogen-bond acceptors (Lipinski definition) is 4. The molecule has 1 N–H and O–H groups in total. The fourth-order valence-corrected chi connectivity index (χ4v) is 2.80. The Morgan fingerprint density at radius 1 is 1.35 bits per heavy atom. The van der Waals surface area contributed by atoms with Crippen LogP contribution in [0.25, 0.3) is 0 Å². The molecule has 1 fully saturated rings. The highest BCUT2D eigenvalue weighted by molar-refractivity contribution is 5.69. The van der Waals surface area contributed by atoms with E-state index in [4.69, 9.17) is 5.11 Å². The molecule has 1 aliphatic carbocycles. The molecule has 0 saturated heterocycles. The van der Waals surface area contributed by atoms with Crippen LogP contribution in [0.3, 0.4) is 0 Å². The highest BCUT2D eigenvalue weighted by Crippen LogP contribution is 2.27. The van der Waals surface area contributed by atoms with Crippen molar-refractivity contribution in [3.8, 4) is 0 Å². The largest absolute Gasteiger partial charge is 0.480 e. The number of carboxylic acid groups (broad SMARTS) is 1. The molecule has 1 aromatic rings. The number of benzene rings is 1. The third-order valence-electron chi connectivity index (χ3n) is 3.74. The molecule has 0 atom stereocenters. The van der Waals surface area contributed by atoms with Crippen molar-refractivity contribution < 1.29 is 14.8 Å². The molecular formula is C14H18N2O4. The second-order valence-electron chi connectivity index (χ2n) is 5.12. The van der Waals surface area contributed by atoms with Crippen LogP contribution in [-0.4, -0.2) is 33.5 Å². The molecular weight excluding hydrogens is 260 g/mol. The molecule has 0 unspecified atom stereocenters. The molecule has 6 heteroatoms. The van der Waals surface area contributed by atoms with Gasteiger partial charge in [-0.1, -0.05) is 31.0 Å². The van der Waals surface area contributed by atoms with Crippen molar-refractivity contribution in [3.05, 3.63) is 39.9 Å². The van der Waals surface area contributed by atoms with Crippen molar-refractivity contribution in [1.82, 2.24) is 4.90 Å². The van der Waals surface area contributed by atoms with Crippen LogP contribution in [0.2, 0.25) is 0 Å². The third kappa shape index (κ3) is 3.54. The van der Waals surface area contributed by atoms with Gasteiger partial charge < -0.3 is 5.11 Å². The second-order valence-corrected chi connectivity index (χ2v) is 5.12. The molecule has 1 aliphatic rings. The number of nitro groups is 1. The standard InChI is InChI=1S/C14H18N2O4/c17-14(18)10-15(12-6-2-3-7-12)9-11-5-1-4-8-13(11)16(19)20/h1,4-5,8,12H,2-3,6-7,9-10H2,(H,17,18). The fourth-order valence-electron chi connectivity index (χ4n) is 2.80. The molecule has 0 aromatic heterocycles. The molecule has 6 nitrogen and oxygen atoms in total. The van der Waals surface area contributed by atoms with Crippen LogP contribution in [0.4, 0.5) is 5.69 Å². The lowest BCUT2D eigenvalue weighted by molar-refractivity contribution is -0.385. The summed E-state index contributed by atoms with van der Waals surface area (Å²) < 4.78 is 0. The minimum Gasteiger partial charge on any atom is -0.480 e. The second kappa shape index (κ2) is 6.47. The van der Waals surface area contributed by atoms with Gasteiger partial charge in [-0.2, -0.15) is 0 Å². The number of nitro benzene ring substituents is 1. The summed E-state index contributed by atoms with van der Waals surface area (Å²) in [4.78, 5) is 23.4. The number of carboxylic acids is 1. The quantitative estimate of drug-likeness (QED) is 0.638. The van der Waals surface area contributed by atoms with Crippen molar-refractivity contribution in [2.45, 2.75) is 38.3 Å². The first-order valence-electron chi connectivity index (χ1n) is 6.76. The predicted octanol–water partition coefficient (Wildman–Crippen LogP) is 2.42. The van der Waals surface area contributed by atoms with E-state index in [0.29, 0.717) is 12.1 Å². The van der Waals surface area contributed by atoms with E-state index in [1.54, 1.807) is 18.2 Å². The first-order valence-corrected chi connectivity index (χ1v) is 6.76. The molecule has 0 bridgehead atoms. The maximum atomic E-state index is 11.0. The molecule has 2 rings (SSSR count). The van der Waals surface area contributed by atoms with Crippen LogP contribution in [0, 0.1) is 10.1 Å². The highest BCUT2D eigenvalue weighted by Gasteiger charge is 2.26. The molecule has 0 aliphatic heterocycles. The molecule has 1 saturated carbocycles. The van der Waals surface area contributed by atoms with Crippen molar-refractivity contribution in [3.63, 3.8) is 0 Å².